The number of nitrogens with two attached hydrogens (primary N) is 1. The summed E-state index contributed by atoms with van der Waals surface area (Å²) >= 11 is 5.98. The van der Waals surface area contributed by atoms with Gasteiger partial charge >= 0.3 is 0 Å². The van der Waals surface area contributed by atoms with Crippen molar-refractivity contribution in [2.45, 2.75) is 12.5 Å². The van der Waals surface area contributed by atoms with Crippen molar-refractivity contribution in [2.24, 2.45) is 5.73 Å². The van der Waals surface area contributed by atoms with Gasteiger partial charge in [-0.15, -0.1) is 0 Å². The standard InChI is InChI=1S/C13H14ClN3O/c1-18-13-3-2-11(14)4-9(13)5-12(15)10-6-16-8-17-7-10/h2-4,6-8,12H,5,15H2,1H3. The van der Waals surface area contributed by atoms with Gasteiger partial charge in [0, 0.05) is 29.0 Å². The normalized spacial score (nSPS) is 12.2. The summed E-state index contributed by atoms with van der Waals surface area (Å²) in [6.45, 7) is 0. The van der Waals surface area contributed by atoms with E-state index in [1.54, 1.807) is 25.6 Å². The minimum absolute atomic E-state index is 0.182. The van der Waals surface area contributed by atoms with Gasteiger partial charge in [0.2, 0.25) is 0 Å². The topological polar surface area (TPSA) is 61.0 Å². The molecule has 5 heteroatoms. The molecular weight excluding hydrogens is 250 g/mol. The average molecular weight is 264 g/mol. The van der Waals surface area contributed by atoms with Crippen LogP contribution in [-0.4, -0.2) is 17.1 Å². The Kier molecular flexibility index (Phi) is 4.12. The number of hydrogen-bond donors (Lipinski definition) is 1. The van der Waals surface area contributed by atoms with Gasteiger partial charge in [0.05, 0.1) is 7.11 Å². The van der Waals surface area contributed by atoms with Crippen LogP contribution in [0.3, 0.4) is 0 Å². The zero-order chi connectivity index (χ0) is 13.0. The van der Waals surface area contributed by atoms with Crippen LogP contribution >= 0.6 is 11.6 Å². The van der Waals surface area contributed by atoms with Crippen LogP contribution in [-0.2, 0) is 6.42 Å². The van der Waals surface area contributed by atoms with Crippen molar-refractivity contribution in [3.8, 4) is 5.75 Å². The highest BCUT2D eigenvalue weighted by atomic mass is 35.5. The van der Waals surface area contributed by atoms with Crippen LogP contribution < -0.4 is 10.5 Å². The van der Waals surface area contributed by atoms with Gasteiger partial charge < -0.3 is 10.5 Å². The summed E-state index contributed by atoms with van der Waals surface area (Å²) in [6.07, 6.45) is 5.54. The number of methoxy groups -OCH3 is 1. The molecule has 1 atom stereocenters. The summed E-state index contributed by atoms with van der Waals surface area (Å²) in [4.78, 5) is 7.92. The smallest absolute Gasteiger partial charge is 0.122 e. The molecule has 0 fully saturated rings. The van der Waals surface area contributed by atoms with Gasteiger partial charge in [0.1, 0.15) is 12.1 Å². The van der Waals surface area contributed by atoms with Gasteiger partial charge in [-0.3, -0.25) is 0 Å². The molecule has 1 aromatic heterocycles. The van der Waals surface area contributed by atoms with E-state index in [0.717, 1.165) is 16.9 Å². The van der Waals surface area contributed by atoms with Crippen LogP contribution in [0.2, 0.25) is 5.02 Å². The summed E-state index contributed by atoms with van der Waals surface area (Å²) in [7, 11) is 1.63. The molecular formula is C13H14ClN3O. The first kappa shape index (κ1) is 12.8. The lowest BCUT2D eigenvalue weighted by Gasteiger charge is -2.14. The Morgan fingerprint density at radius 3 is 2.72 bits per heavy atom. The molecule has 0 aliphatic rings. The van der Waals surface area contributed by atoms with Crippen molar-refractivity contribution in [1.29, 1.82) is 0 Å². The molecule has 0 radical (unpaired) electrons. The van der Waals surface area contributed by atoms with Crippen LogP contribution in [0.5, 0.6) is 5.75 Å². The van der Waals surface area contributed by atoms with E-state index < -0.39 is 0 Å². The first-order valence-corrected chi connectivity index (χ1v) is 5.91. The zero-order valence-electron chi connectivity index (χ0n) is 10.0. The fraction of sp³-hybridized carbons (Fsp3) is 0.231. The molecule has 0 spiro atoms. The maximum atomic E-state index is 6.12. The van der Waals surface area contributed by atoms with Crippen molar-refractivity contribution in [3.63, 3.8) is 0 Å². The van der Waals surface area contributed by atoms with Crippen molar-refractivity contribution >= 4 is 11.6 Å². The fourth-order valence-electron chi connectivity index (χ4n) is 1.76. The molecule has 1 heterocycles. The molecule has 2 N–H and O–H groups in total. The Morgan fingerprint density at radius 1 is 1.33 bits per heavy atom. The van der Waals surface area contributed by atoms with E-state index >= 15 is 0 Å². The molecule has 1 unspecified atom stereocenters. The SMILES string of the molecule is COc1ccc(Cl)cc1CC(N)c1cncnc1. The number of ether oxygens (including phenoxy) is 1. The first-order valence-electron chi connectivity index (χ1n) is 5.53. The molecule has 0 bridgehead atoms. The Labute approximate surface area is 111 Å². The highest BCUT2D eigenvalue weighted by Gasteiger charge is 2.11. The second-order valence-corrected chi connectivity index (χ2v) is 4.38. The highest BCUT2D eigenvalue weighted by Crippen LogP contribution is 2.26. The Morgan fingerprint density at radius 2 is 2.06 bits per heavy atom. The fourth-order valence-corrected chi connectivity index (χ4v) is 1.96. The lowest BCUT2D eigenvalue weighted by molar-refractivity contribution is 0.408. The molecule has 94 valence electrons. The van der Waals surface area contributed by atoms with Gasteiger partial charge in [0.25, 0.3) is 0 Å². The van der Waals surface area contributed by atoms with E-state index in [1.807, 2.05) is 12.1 Å². The summed E-state index contributed by atoms with van der Waals surface area (Å²) in [5, 5.41) is 0.669. The number of benzene rings is 1. The van der Waals surface area contributed by atoms with E-state index in [0.29, 0.717) is 11.4 Å². The summed E-state index contributed by atoms with van der Waals surface area (Å²) in [5.41, 5.74) is 7.98. The van der Waals surface area contributed by atoms with Crippen LogP contribution in [0.15, 0.2) is 36.9 Å². The lowest BCUT2D eigenvalue weighted by Crippen LogP contribution is -2.14. The summed E-state index contributed by atoms with van der Waals surface area (Å²) in [6, 6.07) is 5.32. The quantitative estimate of drug-likeness (QED) is 0.920. The summed E-state index contributed by atoms with van der Waals surface area (Å²) in [5.74, 6) is 0.784. The third-order valence-electron chi connectivity index (χ3n) is 2.69. The molecule has 0 saturated carbocycles. The molecule has 0 aliphatic heterocycles. The molecule has 2 rings (SSSR count). The van der Waals surface area contributed by atoms with Crippen molar-refractivity contribution < 1.29 is 4.74 Å². The largest absolute Gasteiger partial charge is 0.496 e. The number of rotatable bonds is 4. The minimum Gasteiger partial charge on any atom is -0.496 e. The van der Waals surface area contributed by atoms with E-state index in [2.05, 4.69) is 9.97 Å². The zero-order valence-corrected chi connectivity index (χ0v) is 10.8. The lowest BCUT2D eigenvalue weighted by atomic mass is 10.0. The third kappa shape index (κ3) is 2.97. The predicted octanol–water partition coefficient (Wildman–Crippen LogP) is 2.38. The molecule has 1 aromatic carbocycles. The van der Waals surface area contributed by atoms with Gasteiger partial charge in [0.15, 0.2) is 0 Å². The number of nitrogens with zero attached hydrogens (tertiary/aromatic N) is 2. The van der Waals surface area contributed by atoms with Gasteiger partial charge in [-0.05, 0) is 30.2 Å². The number of halogens is 1. The minimum atomic E-state index is -0.182. The average Bonchev–Trinajstić information content (AvgIpc) is 2.40. The molecule has 0 saturated heterocycles. The van der Waals surface area contributed by atoms with E-state index in [-0.39, 0.29) is 6.04 Å². The Bertz CT molecular complexity index is 519. The van der Waals surface area contributed by atoms with Crippen molar-refractivity contribution in [3.05, 3.63) is 53.1 Å². The third-order valence-corrected chi connectivity index (χ3v) is 2.93. The molecule has 0 amide bonds. The highest BCUT2D eigenvalue weighted by molar-refractivity contribution is 6.30. The van der Waals surface area contributed by atoms with E-state index in [1.165, 1.54) is 6.33 Å². The van der Waals surface area contributed by atoms with Crippen LogP contribution in [0.25, 0.3) is 0 Å². The first-order chi connectivity index (χ1) is 8.70. The maximum absolute atomic E-state index is 6.12. The van der Waals surface area contributed by atoms with Gasteiger partial charge in [-0.25, -0.2) is 9.97 Å². The van der Waals surface area contributed by atoms with E-state index in [4.69, 9.17) is 22.1 Å². The van der Waals surface area contributed by atoms with Gasteiger partial charge in [-0.1, -0.05) is 11.6 Å². The second-order valence-electron chi connectivity index (χ2n) is 3.94. The molecule has 0 aliphatic carbocycles. The Balaban J connectivity index is 2.21. The van der Waals surface area contributed by atoms with Crippen molar-refractivity contribution in [1.82, 2.24) is 9.97 Å². The molecule has 4 nitrogen and oxygen atoms in total. The molecule has 2 aromatic rings. The Hall–Kier alpha value is -1.65. The number of aromatic nitrogens is 2. The monoisotopic (exact) mass is 263 g/mol. The van der Waals surface area contributed by atoms with Crippen LogP contribution in [0.1, 0.15) is 17.2 Å². The van der Waals surface area contributed by atoms with Gasteiger partial charge in [-0.2, -0.15) is 0 Å². The van der Waals surface area contributed by atoms with Crippen LogP contribution in [0, 0.1) is 0 Å². The van der Waals surface area contributed by atoms with E-state index in [9.17, 15) is 0 Å². The second kappa shape index (κ2) is 5.80. The molecule has 18 heavy (non-hydrogen) atoms. The number of hydrogen-bond acceptors (Lipinski definition) is 4. The van der Waals surface area contributed by atoms with Crippen LogP contribution in [0.4, 0.5) is 0 Å². The summed E-state index contributed by atoms with van der Waals surface area (Å²) < 4.78 is 5.29. The van der Waals surface area contributed by atoms with Crippen molar-refractivity contribution in [2.75, 3.05) is 7.11 Å². The maximum Gasteiger partial charge on any atom is 0.122 e. The predicted molar refractivity (Wildman–Crippen MR) is 70.7 cm³/mol.